The smallest absolute Gasteiger partial charge is 0.148 e. The number of hydrogen-bond acceptors (Lipinski definition) is 5. The highest BCUT2D eigenvalue weighted by Crippen LogP contribution is 2.41. The summed E-state index contributed by atoms with van der Waals surface area (Å²) in [4.78, 5) is 12.0. The fourth-order valence-corrected chi connectivity index (χ4v) is 2.71. The van der Waals surface area contributed by atoms with Crippen molar-refractivity contribution in [3.63, 3.8) is 0 Å². The van der Waals surface area contributed by atoms with Gasteiger partial charge in [0.1, 0.15) is 17.5 Å². The number of hydrazine groups is 1. The first-order valence-electron chi connectivity index (χ1n) is 8.22. The second-order valence-corrected chi connectivity index (χ2v) is 6.90. The number of nitrogens with two attached hydrogens (primary N) is 1. The van der Waals surface area contributed by atoms with E-state index in [0.29, 0.717) is 17.9 Å². The van der Waals surface area contributed by atoms with Crippen LogP contribution in [0, 0.1) is 12.8 Å². The van der Waals surface area contributed by atoms with Crippen molar-refractivity contribution >= 4 is 11.6 Å². The number of aromatic nitrogens is 2. The van der Waals surface area contributed by atoms with Crippen LogP contribution in [0.3, 0.4) is 0 Å². The largest absolute Gasteiger partial charge is 0.353 e. The van der Waals surface area contributed by atoms with Crippen molar-refractivity contribution in [1.29, 1.82) is 0 Å². The lowest BCUT2D eigenvalue weighted by atomic mass is 10.1. The summed E-state index contributed by atoms with van der Waals surface area (Å²) in [6, 6.07) is 0.662. The van der Waals surface area contributed by atoms with Crippen LogP contribution in [0.15, 0.2) is 0 Å². The van der Waals surface area contributed by atoms with Crippen molar-refractivity contribution in [3.8, 4) is 0 Å². The van der Waals surface area contributed by atoms with E-state index in [9.17, 15) is 0 Å². The Morgan fingerprint density at radius 1 is 1.24 bits per heavy atom. The van der Waals surface area contributed by atoms with Crippen molar-refractivity contribution in [2.75, 3.05) is 16.9 Å². The summed E-state index contributed by atoms with van der Waals surface area (Å²) in [5.74, 6) is 9.78. The predicted molar refractivity (Wildman–Crippen MR) is 86.4 cm³/mol. The minimum absolute atomic E-state index is 0.544. The molecule has 0 radical (unpaired) electrons. The van der Waals surface area contributed by atoms with Crippen LogP contribution in [0.1, 0.15) is 63.3 Å². The standard InChI is InChI=1S/C16H27N5/c1-10(2)8-9-21(13-6-7-13)16-11(3)14(20-17)18-15(19-16)12-4-5-12/h10,12-13H,4-9,17H2,1-3H3,(H,18,19,20). The Morgan fingerprint density at radius 3 is 2.48 bits per heavy atom. The van der Waals surface area contributed by atoms with Crippen molar-refractivity contribution in [3.05, 3.63) is 11.4 Å². The molecule has 0 bridgehead atoms. The first kappa shape index (κ1) is 14.6. The second-order valence-electron chi connectivity index (χ2n) is 6.90. The molecule has 116 valence electrons. The van der Waals surface area contributed by atoms with Gasteiger partial charge in [-0.15, -0.1) is 0 Å². The third-order valence-electron chi connectivity index (χ3n) is 4.42. The van der Waals surface area contributed by atoms with Gasteiger partial charge in [-0.1, -0.05) is 13.8 Å². The van der Waals surface area contributed by atoms with Gasteiger partial charge < -0.3 is 10.3 Å². The Morgan fingerprint density at radius 2 is 1.95 bits per heavy atom. The van der Waals surface area contributed by atoms with Crippen LogP contribution < -0.4 is 16.2 Å². The van der Waals surface area contributed by atoms with Gasteiger partial charge in [-0.25, -0.2) is 15.8 Å². The first-order valence-corrected chi connectivity index (χ1v) is 8.22. The molecule has 0 unspecified atom stereocenters. The zero-order valence-corrected chi connectivity index (χ0v) is 13.4. The van der Waals surface area contributed by atoms with Gasteiger partial charge in [-0.3, -0.25) is 0 Å². The molecule has 2 aliphatic rings. The molecule has 5 heteroatoms. The monoisotopic (exact) mass is 289 g/mol. The van der Waals surface area contributed by atoms with Crippen LogP contribution in [-0.2, 0) is 0 Å². The zero-order valence-electron chi connectivity index (χ0n) is 13.4. The van der Waals surface area contributed by atoms with E-state index in [-0.39, 0.29) is 0 Å². The summed E-state index contributed by atoms with van der Waals surface area (Å²) in [6.45, 7) is 7.71. The SMILES string of the molecule is Cc1c(NN)nc(C2CC2)nc1N(CCC(C)C)C1CC1. The molecule has 2 aliphatic carbocycles. The van der Waals surface area contributed by atoms with Gasteiger partial charge in [-0.05, 0) is 44.9 Å². The maximum atomic E-state index is 5.66. The first-order chi connectivity index (χ1) is 10.1. The van der Waals surface area contributed by atoms with Crippen molar-refractivity contribution in [1.82, 2.24) is 9.97 Å². The molecule has 3 N–H and O–H groups in total. The lowest BCUT2D eigenvalue weighted by molar-refractivity contribution is 0.567. The Balaban J connectivity index is 1.91. The predicted octanol–water partition coefficient (Wildman–Crippen LogP) is 2.96. The molecule has 0 aliphatic heterocycles. The Labute approximate surface area is 127 Å². The maximum Gasteiger partial charge on any atom is 0.148 e. The lowest BCUT2D eigenvalue weighted by Gasteiger charge is -2.27. The maximum absolute atomic E-state index is 5.66. The van der Waals surface area contributed by atoms with E-state index in [1.54, 1.807) is 0 Å². The molecule has 1 aromatic rings. The van der Waals surface area contributed by atoms with Crippen molar-refractivity contribution < 1.29 is 0 Å². The van der Waals surface area contributed by atoms with E-state index in [2.05, 4.69) is 36.1 Å². The summed E-state index contributed by atoms with van der Waals surface area (Å²) in [5.41, 5.74) is 3.84. The average Bonchev–Trinajstić information content (AvgIpc) is 3.32. The molecule has 0 saturated heterocycles. The Kier molecular flexibility index (Phi) is 4.02. The molecule has 1 aromatic heterocycles. The fraction of sp³-hybridized carbons (Fsp3) is 0.750. The van der Waals surface area contributed by atoms with E-state index in [1.807, 2.05) is 0 Å². The lowest BCUT2D eigenvalue weighted by Crippen LogP contribution is -2.30. The minimum Gasteiger partial charge on any atom is -0.353 e. The molecule has 3 rings (SSSR count). The van der Waals surface area contributed by atoms with Gasteiger partial charge >= 0.3 is 0 Å². The summed E-state index contributed by atoms with van der Waals surface area (Å²) < 4.78 is 0. The van der Waals surface area contributed by atoms with Gasteiger partial charge in [0.25, 0.3) is 0 Å². The molecule has 2 saturated carbocycles. The molecular formula is C16H27N5. The highest BCUT2D eigenvalue weighted by atomic mass is 15.3. The fourth-order valence-electron chi connectivity index (χ4n) is 2.71. The summed E-state index contributed by atoms with van der Waals surface area (Å²) >= 11 is 0. The van der Waals surface area contributed by atoms with Crippen LogP contribution in [0.2, 0.25) is 0 Å². The van der Waals surface area contributed by atoms with Gasteiger partial charge in [0, 0.05) is 24.1 Å². The molecule has 21 heavy (non-hydrogen) atoms. The molecule has 2 fully saturated rings. The molecular weight excluding hydrogens is 262 g/mol. The van der Waals surface area contributed by atoms with Crippen molar-refractivity contribution in [2.45, 2.75) is 64.8 Å². The van der Waals surface area contributed by atoms with Crippen molar-refractivity contribution in [2.24, 2.45) is 11.8 Å². The van der Waals surface area contributed by atoms with E-state index < -0.39 is 0 Å². The highest BCUT2D eigenvalue weighted by Gasteiger charge is 2.34. The Bertz CT molecular complexity index is 506. The van der Waals surface area contributed by atoms with Gasteiger partial charge in [0.05, 0.1) is 0 Å². The molecule has 0 atom stereocenters. The summed E-state index contributed by atoms with van der Waals surface area (Å²) in [5, 5.41) is 0. The molecule has 5 nitrogen and oxygen atoms in total. The van der Waals surface area contributed by atoms with Crippen LogP contribution in [0.5, 0.6) is 0 Å². The normalized spacial score (nSPS) is 18.1. The number of anilines is 2. The van der Waals surface area contributed by atoms with E-state index >= 15 is 0 Å². The number of nitrogens with one attached hydrogen (secondary N) is 1. The van der Waals surface area contributed by atoms with Gasteiger partial charge in [0.2, 0.25) is 0 Å². The molecule has 0 amide bonds. The molecule has 0 aromatic carbocycles. The molecule has 1 heterocycles. The van der Waals surface area contributed by atoms with Crippen LogP contribution in [-0.4, -0.2) is 22.6 Å². The topological polar surface area (TPSA) is 67.1 Å². The Hall–Kier alpha value is -1.36. The van der Waals surface area contributed by atoms with Crippen LogP contribution in [0.25, 0.3) is 0 Å². The third kappa shape index (κ3) is 3.28. The van der Waals surface area contributed by atoms with Crippen LogP contribution in [0.4, 0.5) is 11.6 Å². The quantitative estimate of drug-likeness (QED) is 0.596. The summed E-state index contributed by atoms with van der Waals surface area (Å²) in [6.07, 6.45) is 6.19. The van der Waals surface area contributed by atoms with E-state index in [1.165, 1.54) is 32.1 Å². The average molecular weight is 289 g/mol. The van der Waals surface area contributed by atoms with Gasteiger partial charge in [0.15, 0.2) is 0 Å². The zero-order chi connectivity index (χ0) is 15.0. The summed E-state index contributed by atoms with van der Waals surface area (Å²) in [7, 11) is 0. The number of nitrogens with zero attached hydrogens (tertiary/aromatic N) is 3. The van der Waals surface area contributed by atoms with Gasteiger partial charge in [-0.2, -0.15) is 0 Å². The third-order valence-corrected chi connectivity index (χ3v) is 4.42. The molecule has 0 spiro atoms. The number of nitrogen functional groups attached to an aromatic ring is 1. The second kappa shape index (κ2) is 5.79. The number of rotatable bonds is 7. The highest BCUT2D eigenvalue weighted by molar-refractivity contribution is 5.59. The van der Waals surface area contributed by atoms with Crippen LogP contribution >= 0.6 is 0 Å². The minimum atomic E-state index is 0.544. The van der Waals surface area contributed by atoms with E-state index in [4.69, 9.17) is 10.8 Å². The number of hydrogen-bond donors (Lipinski definition) is 2. The van der Waals surface area contributed by atoms with E-state index in [0.717, 1.165) is 29.6 Å².